The van der Waals surface area contributed by atoms with E-state index < -0.39 is 0 Å². The lowest BCUT2D eigenvalue weighted by atomic mass is 10.1. The summed E-state index contributed by atoms with van der Waals surface area (Å²) >= 11 is 0. The van der Waals surface area contributed by atoms with Crippen molar-refractivity contribution in [2.24, 2.45) is 5.92 Å². The second-order valence-corrected chi connectivity index (χ2v) is 3.19. The van der Waals surface area contributed by atoms with E-state index in [1.165, 1.54) is 18.4 Å². The average Bonchev–Trinajstić information content (AvgIpc) is 2.59. The smallest absolute Gasteiger partial charge is 0.0128 e. The van der Waals surface area contributed by atoms with Gasteiger partial charge in [0.25, 0.3) is 0 Å². The van der Waals surface area contributed by atoms with E-state index in [2.05, 4.69) is 31.2 Å². The summed E-state index contributed by atoms with van der Waals surface area (Å²) in [4.78, 5) is 0. The highest BCUT2D eigenvalue weighted by Crippen LogP contribution is 2.41. The van der Waals surface area contributed by atoms with Gasteiger partial charge in [-0.25, -0.2) is 0 Å². The van der Waals surface area contributed by atoms with Gasteiger partial charge in [0.2, 0.25) is 0 Å². The van der Waals surface area contributed by atoms with E-state index in [1.807, 2.05) is 0 Å². The first kappa shape index (κ1) is 5.96. The quantitative estimate of drug-likeness (QED) is 0.475. The molecule has 0 radical (unpaired) electrons. The maximum atomic E-state index is 2.29. The third kappa shape index (κ3) is 1.06. The molecule has 0 saturated heterocycles. The van der Waals surface area contributed by atoms with Gasteiger partial charge in [0.05, 0.1) is 0 Å². The largest absolute Gasteiger partial charge is 0.0837 e. The Bertz CT molecular complexity index is 228. The van der Waals surface area contributed by atoms with Crippen LogP contribution in [0, 0.1) is 5.92 Å². The molecule has 0 aromatic carbocycles. The zero-order chi connectivity index (χ0) is 6.97. The van der Waals surface area contributed by atoms with Gasteiger partial charge in [-0.05, 0) is 25.7 Å². The summed E-state index contributed by atoms with van der Waals surface area (Å²) in [5.74, 6) is 0.903. The second-order valence-electron chi connectivity index (χ2n) is 3.19. The maximum Gasteiger partial charge on any atom is -0.0128 e. The summed E-state index contributed by atoms with van der Waals surface area (Å²) in [5, 5.41) is 0. The van der Waals surface area contributed by atoms with Crippen molar-refractivity contribution in [2.75, 3.05) is 0 Å². The summed E-state index contributed by atoms with van der Waals surface area (Å²) in [5.41, 5.74) is 3.02. The molecule has 0 heterocycles. The van der Waals surface area contributed by atoms with Crippen LogP contribution in [0.5, 0.6) is 0 Å². The van der Waals surface area contributed by atoms with Crippen molar-refractivity contribution in [3.63, 3.8) is 0 Å². The third-order valence-corrected chi connectivity index (χ3v) is 2.21. The first-order chi connectivity index (χ1) is 4.86. The highest BCUT2D eigenvalue weighted by atomic mass is 14.3. The number of rotatable bonds is 0. The van der Waals surface area contributed by atoms with Crippen LogP contribution in [0.15, 0.2) is 35.5 Å². The van der Waals surface area contributed by atoms with Crippen LogP contribution in [0.3, 0.4) is 0 Å². The Morgan fingerprint density at radius 3 is 3.20 bits per heavy atom. The lowest BCUT2D eigenvalue weighted by molar-refractivity contribution is 0.891. The molecule has 2 aliphatic carbocycles. The summed E-state index contributed by atoms with van der Waals surface area (Å²) < 4.78 is 0. The molecule has 10 heavy (non-hydrogen) atoms. The Kier molecular flexibility index (Phi) is 1.26. The van der Waals surface area contributed by atoms with E-state index in [4.69, 9.17) is 0 Å². The zero-order valence-corrected chi connectivity index (χ0v) is 6.30. The van der Waals surface area contributed by atoms with Crippen molar-refractivity contribution in [3.05, 3.63) is 35.5 Å². The molecule has 0 spiro atoms. The van der Waals surface area contributed by atoms with Gasteiger partial charge in [-0.1, -0.05) is 35.5 Å². The average molecular weight is 132 g/mol. The van der Waals surface area contributed by atoms with Gasteiger partial charge in [-0.2, -0.15) is 0 Å². The van der Waals surface area contributed by atoms with Gasteiger partial charge in [-0.3, -0.25) is 0 Å². The molecular weight excluding hydrogens is 120 g/mol. The van der Waals surface area contributed by atoms with Crippen molar-refractivity contribution in [1.82, 2.24) is 0 Å². The summed E-state index contributed by atoms with van der Waals surface area (Å²) in [6.45, 7) is 2.15. The lowest BCUT2D eigenvalue weighted by Gasteiger charge is -1.92. The van der Waals surface area contributed by atoms with E-state index in [9.17, 15) is 0 Å². The molecule has 0 amide bonds. The Labute approximate surface area is 61.9 Å². The Morgan fingerprint density at radius 1 is 1.40 bits per heavy atom. The summed E-state index contributed by atoms with van der Waals surface area (Å²) in [7, 11) is 0. The van der Waals surface area contributed by atoms with Gasteiger partial charge in [0.15, 0.2) is 0 Å². The molecule has 0 nitrogen and oxygen atoms in total. The van der Waals surface area contributed by atoms with Gasteiger partial charge < -0.3 is 0 Å². The predicted octanol–water partition coefficient (Wildman–Crippen LogP) is 2.84. The molecule has 0 heteroatoms. The molecule has 0 bridgehead atoms. The predicted molar refractivity (Wildman–Crippen MR) is 43.7 cm³/mol. The molecule has 0 aromatic heterocycles. The normalized spacial score (nSPS) is 43.1. The minimum absolute atomic E-state index is 0.903. The van der Waals surface area contributed by atoms with Crippen molar-refractivity contribution in [1.29, 1.82) is 0 Å². The maximum absolute atomic E-state index is 2.29. The summed E-state index contributed by atoms with van der Waals surface area (Å²) in [6.07, 6.45) is 11.6. The topological polar surface area (TPSA) is 0 Å². The van der Waals surface area contributed by atoms with Crippen molar-refractivity contribution >= 4 is 0 Å². The molecule has 0 aliphatic heterocycles. The molecule has 0 N–H and O–H groups in total. The van der Waals surface area contributed by atoms with Crippen LogP contribution in [0.4, 0.5) is 0 Å². The van der Waals surface area contributed by atoms with Crippen molar-refractivity contribution in [2.45, 2.75) is 19.8 Å². The van der Waals surface area contributed by atoms with Gasteiger partial charge in [0, 0.05) is 0 Å². The standard InChI is InChI=1S/C10H12/c1-8-3-2-4-9-7-10(9)6-5-8/h2-3,5-6,9H,4,7H2,1H3/b3-2-,8-5+,10-6-. The molecular formula is C10H12. The number of allylic oxidation sites excluding steroid dienone is 6. The fourth-order valence-electron chi connectivity index (χ4n) is 1.38. The molecule has 2 rings (SSSR count). The third-order valence-electron chi connectivity index (χ3n) is 2.21. The molecule has 1 unspecified atom stereocenters. The first-order valence-corrected chi connectivity index (χ1v) is 3.90. The van der Waals surface area contributed by atoms with Crippen LogP contribution < -0.4 is 0 Å². The Morgan fingerprint density at radius 2 is 2.30 bits per heavy atom. The van der Waals surface area contributed by atoms with Crippen molar-refractivity contribution < 1.29 is 0 Å². The Hall–Kier alpha value is -0.780. The highest BCUT2D eigenvalue weighted by molar-refractivity contribution is 5.34. The van der Waals surface area contributed by atoms with Crippen LogP contribution in [0.2, 0.25) is 0 Å². The van der Waals surface area contributed by atoms with Crippen LogP contribution in [-0.4, -0.2) is 0 Å². The van der Waals surface area contributed by atoms with Crippen LogP contribution >= 0.6 is 0 Å². The zero-order valence-electron chi connectivity index (χ0n) is 6.30. The van der Waals surface area contributed by atoms with Crippen LogP contribution in [-0.2, 0) is 0 Å². The van der Waals surface area contributed by atoms with E-state index in [1.54, 1.807) is 5.57 Å². The van der Waals surface area contributed by atoms with Gasteiger partial charge in [-0.15, -0.1) is 0 Å². The fraction of sp³-hybridized carbons (Fsp3) is 0.400. The van der Waals surface area contributed by atoms with Crippen LogP contribution in [0.25, 0.3) is 0 Å². The molecule has 1 fully saturated rings. The first-order valence-electron chi connectivity index (χ1n) is 3.90. The monoisotopic (exact) mass is 132 g/mol. The minimum atomic E-state index is 0.903. The fourth-order valence-corrected chi connectivity index (χ4v) is 1.38. The van der Waals surface area contributed by atoms with E-state index >= 15 is 0 Å². The lowest BCUT2D eigenvalue weighted by Crippen LogP contribution is -1.75. The highest BCUT2D eigenvalue weighted by Gasteiger charge is 2.27. The number of hydrogen-bond acceptors (Lipinski definition) is 0. The van der Waals surface area contributed by atoms with E-state index in [0.717, 1.165) is 5.92 Å². The molecule has 1 saturated carbocycles. The number of fused-ring (bicyclic) bond motifs is 1. The van der Waals surface area contributed by atoms with Crippen molar-refractivity contribution in [3.8, 4) is 0 Å². The SMILES string of the molecule is CC1=C\C=C2\CC2C/C=C\1. The number of hydrogen-bond donors (Lipinski definition) is 0. The van der Waals surface area contributed by atoms with Gasteiger partial charge >= 0.3 is 0 Å². The second kappa shape index (κ2) is 2.12. The van der Waals surface area contributed by atoms with E-state index in [-0.39, 0.29) is 0 Å². The molecule has 1 atom stereocenters. The summed E-state index contributed by atoms with van der Waals surface area (Å²) in [6, 6.07) is 0. The molecule has 2 aliphatic rings. The van der Waals surface area contributed by atoms with E-state index in [0.29, 0.717) is 0 Å². The minimum Gasteiger partial charge on any atom is -0.0837 e. The van der Waals surface area contributed by atoms with Crippen LogP contribution in [0.1, 0.15) is 19.8 Å². The van der Waals surface area contributed by atoms with Gasteiger partial charge in [0.1, 0.15) is 0 Å². The molecule has 52 valence electrons. The Balaban J connectivity index is 2.25. The molecule has 0 aromatic rings.